The van der Waals surface area contributed by atoms with Crippen molar-refractivity contribution in [3.05, 3.63) is 54.2 Å². The van der Waals surface area contributed by atoms with Crippen LogP contribution in [-0.2, 0) is 0 Å². The van der Waals surface area contributed by atoms with Crippen LogP contribution in [0.1, 0.15) is 12.5 Å². The number of thioether (sulfide) groups is 1. The summed E-state index contributed by atoms with van der Waals surface area (Å²) in [5.41, 5.74) is 1.79. The van der Waals surface area contributed by atoms with Gasteiger partial charge in [-0.25, -0.2) is 14.7 Å². The van der Waals surface area contributed by atoms with Crippen LogP contribution in [0, 0.1) is 6.92 Å². The summed E-state index contributed by atoms with van der Waals surface area (Å²) >= 11 is 1.59. The number of carbonyl (C=O) groups is 1. The maximum Gasteiger partial charge on any atom is 0.333 e. The Bertz CT molecular complexity index is 732. The second-order valence-corrected chi connectivity index (χ2v) is 6.78. The number of anilines is 2. The molecule has 1 unspecified atom stereocenters. The van der Waals surface area contributed by atoms with Gasteiger partial charge in [-0.3, -0.25) is 4.99 Å². The number of hydrogen-bond acceptors (Lipinski definition) is 4. The summed E-state index contributed by atoms with van der Waals surface area (Å²) in [5.74, 6) is 0.582. The van der Waals surface area contributed by atoms with Crippen LogP contribution in [0.2, 0.25) is 0 Å². The number of carbonyl (C=O) groups excluding carboxylic acids is 1. The van der Waals surface area contributed by atoms with Gasteiger partial charge in [-0.15, -0.1) is 0 Å². The molecule has 3 rings (SSSR count). The molecule has 2 heterocycles. The average Bonchev–Trinajstić information content (AvgIpc) is 2.94. The molecule has 0 aliphatic carbocycles. The predicted octanol–water partition coefficient (Wildman–Crippen LogP) is 3.92. The van der Waals surface area contributed by atoms with Crippen molar-refractivity contribution < 1.29 is 4.79 Å². The lowest BCUT2D eigenvalue weighted by Gasteiger charge is -2.22. The van der Waals surface area contributed by atoms with E-state index < -0.39 is 0 Å². The number of amides is 2. The molecular weight excluding hydrogens is 308 g/mol. The van der Waals surface area contributed by atoms with Gasteiger partial charge in [0.15, 0.2) is 5.17 Å². The van der Waals surface area contributed by atoms with Gasteiger partial charge < -0.3 is 5.32 Å². The number of aliphatic imine (C=N–C) groups is 1. The Kier molecular flexibility index (Phi) is 4.62. The van der Waals surface area contributed by atoms with E-state index in [1.54, 1.807) is 22.9 Å². The van der Waals surface area contributed by atoms with Gasteiger partial charge >= 0.3 is 6.03 Å². The molecular formula is C17H18N4OS. The molecule has 2 aromatic rings. The van der Waals surface area contributed by atoms with Crippen molar-refractivity contribution in [2.24, 2.45) is 4.99 Å². The largest absolute Gasteiger partial charge is 0.333 e. The highest BCUT2D eigenvalue weighted by molar-refractivity contribution is 8.15. The van der Waals surface area contributed by atoms with Crippen LogP contribution in [0.3, 0.4) is 0 Å². The topological polar surface area (TPSA) is 57.6 Å². The molecule has 1 N–H and O–H groups in total. The van der Waals surface area contributed by atoms with Gasteiger partial charge in [0.05, 0.1) is 6.54 Å². The number of rotatable bonds is 2. The average molecular weight is 326 g/mol. The summed E-state index contributed by atoms with van der Waals surface area (Å²) in [4.78, 5) is 23.2. The molecule has 6 heteroatoms. The number of aromatic nitrogens is 1. The number of para-hydroxylation sites is 1. The molecule has 0 bridgehead atoms. The van der Waals surface area contributed by atoms with Crippen LogP contribution >= 0.6 is 11.8 Å². The lowest BCUT2D eigenvalue weighted by Crippen LogP contribution is -2.39. The van der Waals surface area contributed by atoms with E-state index in [2.05, 4.69) is 22.2 Å². The minimum Gasteiger partial charge on any atom is -0.307 e. The lowest BCUT2D eigenvalue weighted by atomic mass is 10.3. The molecule has 1 aliphatic heterocycles. The Morgan fingerprint density at radius 1 is 1.30 bits per heavy atom. The van der Waals surface area contributed by atoms with E-state index in [-0.39, 0.29) is 6.03 Å². The minimum absolute atomic E-state index is 0.255. The van der Waals surface area contributed by atoms with Crippen LogP contribution in [0.5, 0.6) is 0 Å². The number of urea groups is 1. The Balaban J connectivity index is 1.90. The van der Waals surface area contributed by atoms with Crippen molar-refractivity contribution in [1.29, 1.82) is 0 Å². The number of nitrogens with one attached hydrogen (secondary N) is 1. The molecule has 1 atom stereocenters. The van der Waals surface area contributed by atoms with Crippen LogP contribution in [-0.4, -0.2) is 28.0 Å². The molecule has 1 aromatic carbocycles. The van der Waals surface area contributed by atoms with Crippen molar-refractivity contribution in [3.8, 4) is 0 Å². The van der Waals surface area contributed by atoms with Gasteiger partial charge in [0, 0.05) is 17.1 Å². The number of nitrogens with zero attached hydrogens (tertiary/aromatic N) is 3. The lowest BCUT2D eigenvalue weighted by molar-refractivity contribution is 0.259. The smallest absolute Gasteiger partial charge is 0.307 e. The standard InChI is InChI=1S/C17H18N4OS/c1-12-8-9-18-15(10-12)21(17-19-11-13(2)23-17)16(22)20-14-6-4-3-5-7-14/h3-10,13H,11H2,1-2H3,(H,20,22). The van der Waals surface area contributed by atoms with Crippen molar-refractivity contribution in [2.45, 2.75) is 19.1 Å². The second kappa shape index (κ2) is 6.83. The van der Waals surface area contributed by atoms with Crippen LogP contribution in [0.25, 0.3) is 0 Å². The SMILES string of the molecule is Cc1ccnc(N(C(=O)Nc2ccccc2)C2=NCC(C)S2)c1. The summed E-state index contributed by atoms with van der Waals surface area (Å²) in [7, 11) is 0. The maximum atomic E-state index is 12.8. The molecule has 23 heavy (non-hydrogen) atoms. The van der Waals surface area contributed by atoms with Gasteiger partial charge in [0.2, 0.25) is 0 Å². The van der Waals surface area contributed by atoms with E-state index in [9.17, 15) is 4.79 Å². The Labute approximate surface area is 139 Å². The summed E-state index contributed by atoms with van der Waals surface area (Å²) in [6, 6.07) is 12.9. The maximum absolute atomic E-state index is 12.8. The monoisotopic (exact) mass is 326 g/mol. The summed E-state index contributed by atoms with van der Waals surface area (Å²) in [6.07, 6.45) is 1.71. The van der Waals surface area contributed by atoms with Gasteiger partial charge in [-0.05, 0) is 36.8 Å². The molecule has 1 aromatic heterocycles. The normalized spacial score (nSPS) is 16.8. The molecule has 0 fully saturated rings. The Hall–Kier alpha value is -2.34. The van der Waals surface area contributed by atoms with Crippen LogP contribution in [0.4, 0.5) is 16.3 Å². The fourth-order valence-corrected chi connectivity index (χ4v) is 3.16. The Morgan fingerprint density at radius 3 is 2.74 bits per heavy atom. The van der Waals surface area contributed by atoms with Gasteiger partial charge in [-0.1, -0.05) is 36.9 Å². The van der Waals surface area contributed by atoms with Gasteiger partial charge in [0.25, 0.3) is 0 Å². The third-order valence-electron chi connectivity index (χ3n) is 3.34. The molecule has 2 amide bonds. The summed E-state index contributed by atoms with van der Waals surface area (Å²) in [5, 5.41) is 3.95. The van der Waals surface area contributed by atoms with Crippen LogP contribution < -0.4 is 10.2 Å². The highest BCUT2D eigenvalue weighted by Gasteiger charge is 2.28. The zero-order chi connectivity index (χ0) is 16.2. The second-order valence-electron chi connectivity index (χ2n) is 5.37. The van der Waals surface area contributed by atoms with Crippen molar-refractivity contribution in [2.75, 3.05) is 16.8 Å². The van der Waals surface area contributed by atoms with E-state index in [1.165, 1.54) is 0 Å². The van der Waals surface area contributed by atoms with Gasteiger partial charge in [-0.2, -0.15) is 0 Å². The molecule has 0 radical (unpaired) electrons. The van der Waals surface area contributed by atoms with Crippen molar-refractivity contribution in [3.63, 3.8) is 0 Å². The van der Waals surface area contributed by atoms with E-state index in [0.29, 0.717) is 22.8 Å². The number of pyridine rings is 1. The van der Waals surface area contributed by atoms with E-state index in [0.717, 1.165) is 11.3 Å². The molecule has 0 spiro atoms. The predicted molar refractivity (Wildman–Crippen MR) is 96.3 cm³/mol. The van der Waals surface area contributed by atoms with E-state index in [4.69, 9.17) is 0 Å². The first-order valence-corrected chi connectivity index (χ1v) is 8.31. The van der Waals surface area contributed by atoms with E-state index >= 15 is 0 Å². The molecule has 0 saturated carbocycles. The van der Waals surface area contributed by atoms with Gasteiger partial charge in [0.1, 0.15) is 5.82 Å². The number of aryl methyl sites for hydroxylation is 1. The highest BCUT2D eigenvalue weighted by Crippen LogP contribution is 2.27. The third-order valence-corrected chi connectivity index (χ3v) is 4.41. The zero-order valence-corrected chi connectivity index (χ0v) is 13.9. The quantitative estimate of drug-likeness (QED) is 0.910. The fraction of sp³-hybridized carbons (Fsp3) is 0.235. The molecule has 1 aliphatic rings. The summed E-state index contributed by atoms with van der Waals surface area (Å²) < 4.78 is 0. The first-order valence-electron chi connectivity index (χ1n) is 7.43. The minimum atomic E-state index is -0.255. The summed E-state index contributed by atoms with van der Waals surface area (Å²) in [6.45, 7) is 4.78. The Morgan fingerprint density at radius 2 is 2.09 bits per heavy atom. The molecule has 5 nitrogen and oxygen atoms in total. The number of hydrogen-bond donors (Lipinski definition) is 1. The first kappa shape index (κ1) is 15.6. The first-order chi connectivity index (χ1) is 11.1. The van der Waals surface area contributed by atoms with Crippen molar-refractivity contribution in [1.82, 2.24) is 4.98 Å². The fourth-order valence-electron chi connectivity index (χ4n) is 2.22. The number of amidine groups is 1. The highest BCUT2D eigenvalue weighted by atomic mass is 32.2. The molecule has 0 saturated heterocycles. The van der Waals surface area contributed by atoms with E-state index in [1.807, 2.05) is 49.4 Å². The number of benzene rings is 1. The third kappa shape index (κ3) is 3.71. The molecule has 118 valence electrons. The van der Waals surface area contributed by atoms with Crippen LogP contribution in [0.15, 0.2) is 53.7 Å². The van der Waals surface area contributed by atoms with Crippen molar-refractivity contribution >= 4 is 34.5 Å². The zero-order valence-electron chi connectivity index (χ0n) is 13.1.